The fraction of sp³-hybridized carbons (Fsp3) is 0.429. The molecule has 1 aromatic heterocycles. The molecule has 1 saturated carbocycles. The van der Waals surface area contributed by atoms with Crippen LogP contribution in [0, 0.1) is 12.3 Å². The van der Waals surface area contributed by atoms with Gasteiger partial charge in [0.1, 0.15) is 11.3 Å². The van der Waals surface area contributed by atoms with Crippen LogP contribution in [0.2, 0.25) is 0 Å². The SMILES string of the molecule is Cc1ccc2oc(C(NN)C3(C)CC3)cc2c1. The Labute approximate surface area is 101 Å². The summed E-state index contributed by atoms with van der Waals surface area (Å²) in [4.78, 5) is 0. The minimum Gasteiger partial charge on any atom is -0.459 e. The number of hydrazine groups is 1. The number of hydrogen-bond donors (Lipinski definition) is 2. The van der Waals surface area contributed by atoms with E-state index in [-0.39, 0.29) is 11.5 Å². The van der Waals surface area contributed by atoms with Crippen LogP contribution in [0.15, 0.2) is 28.7 Å². The molecule has 1 aromatic carbocycles. The van der Waals surface area contributed by atoms with Crippen LogP contribution in [0.5, 0.6) is 0 Å². The number of fused-ring (bicyclic) bond motifs is 1. The summed E-state index contributed by atoms with van der Waals surface area (Å²) in [6, 6.07) is 8.47. The lowest BCUT2D eigenvalue weighted by Gasteiger charge is -2.19. The van der Waals surface area contributed by atoms with Gasteiger partial charge in [-0.05, 0) is 43.4 Å². The van der Waals surface area contributed by atoms with Crippen molar-refractivity contribution < 1.29 is 4.42 Å². The second-order valence-electron chi connectivity index (χ2n) is 5.44. The first-order valence-electron chi connectivity index (χ1n) is 6.09. The van der Waals surface area contributed by atoms with Gasteiger partial charge in [0.2, 0.25) is 0 Å². The van der Waals surface area contributed by atoms with E-state index in [9.17, 15) is 0 Å². The van der Waals surface area contributed by atoms with E-state index in [1.807, 2.05) is 6.07 Å². The van der Waals surface area contributed by atoms with E-state index in [1.54, 1.807) is 0 Å². The van der Waals surface area contributed by atoms with Gasteiger partial charge in [-0.25, -0.2) is 5.43 Å². The van der Waals surface area contributed by atoms with Gasteiger partial charge in [-0.1, -0.05) is 18.6 Å². The number of nitrogens with two attached hydrogens (primary N) is 1. The van der Waals surface area contributed by atoms with Crippen molar-refractivity contribution in [2.45, 2.75) is 32.7 Å². The average Bonchev–Trinajstić information content (AvgIpc) is 2.89. The van der Waals surface area contributed by atoms with E-state index in [0.29, 0.717) is 0 Å². The van der Waals surface area contributed by atoms with Crippen LogP contribution in [-0.4, -0.2) is 0 Å². The zero-order valence-corrected chi connectivity index (χ0v) is 10.3. The zero-order chi connectivity index (χ0) is 12.0. The quantitative estimate of drug-likeness (QED) is 0.629. The monoisotopic (exact) mass is 230 g/mol. The summed E-state index contributed by atoms with van der Waals surface area (Å²) in [5, 5.41) is 1.16. The van der Waals surface area contributed by atoms with Gasteiger partial charge in [-0.15, -0.1) is 0 Å². The molecule has 1 unspecified atom stereocenters. The number of furan rings is 1. The Kier molecular flexibility index (Phi) is 2.28. The third kappa shape index (κ3) is 1.75. The van der Waals surface area contributed by atoms with Gasteiger partial charge in [-0.2, -0.15) is 0 Å². The average molecular weight is 230 g/mol. The number of rotatable bonds is 3. The maximum atomic E-state index is 5.90. The first-order valence-corrected chi connectivity index (χ1v) is 6.09. The van der Waals surface area contributed by atoms with Crippen molar-refractivity contribution in [2.24, 2.45) is 11.3 Å². The first kappa shape index (κ1) is 10.8. The molecule has 90 valence electrons. The van der Waals surface area contributed by atoms with Crippen molar-refractivity contribution in [2.75, 3.05) is 0 Å². The summed E-state index contributed by atoms with van der Waals surface area (Å²) in [7, 11) is 0. The van der Waals surface area contributed by atoms with E-state index < -0.39 is 0 Å². The third-order valence-electron chi connectivity index (χ3n) is 3.88. The minimum atomic E-state index is 0.121. The molecule has 17 heavy (non-hydrogen) atoms. The molecular weight excluding hydrogens is 212 g/mol. The molecule has 0 radical (unpaired) electrons. The van der Waals surface area contributed by atoms with Crippen LogP contribution in [0.3, 0.4) is 0 Å². The largest absolute Gasteiger partial charge is 0.459 e. The molecule has 3 heteroatoms. The normalized spacial score (nSPS) is 19.5. The summed E-state index contributed by atoms with van der Waals surface area (Å²) in [6.07, 6.45) is 2.41. The van der Waals surface area contributed by atoms with Crippen molar-refractivity contribution in [1.29, 1.82) is 0 Å². The second-order valence-corrected chi connectivity index (χ2v) is 5.44. The summed E-state index contributed by atoms with van der Waals surface area (Å²) < 4.78 is 5.90. The second kappa shape index (κ2) is 3.59. The highest BCUT2D eigenvalue weighted by atomic mass is 16.3. The molecule has 1 aliphatic rings. The number of benzene rings is 1. The Bertz CT molecular complexity index is 554. The lowest BCUT2D eigenvalue weighted by atomic mass is 9.97. The maximum absolute atomic E-state index is 5.90. The minimum absolute atomic E-state index is 0.121. The summed E-state index contributed by atoms with van der Waals surface area (Å²) >= 11 is 0. The molecular formula is C14H18N2O. The smallest absolute Gasteiger partial charge is 0.134 e. The predicted molar refractivity (Wildman–Crippen MR) is 68.4 cm³/mol. The third-order valence-corrected chi connectivity index (χ3v) is 3.88. The molecule has 0 bridgehead atoms. The molecule has 2 aromatic rings. The highest BCUT2D eigenvalue weighted by molar-refractivity contribution is 5.78. The molecule has 3 N–H and O–H groups in total. The highest BCUT2D eigenvalue weighted by Crippen LogP contribution is 2.54. The van der Waals surface area contributed by atoms with Gasteiger partial charge in [0.25, 0.3) is 0 Å². The lowest BCUT2D eigenvalue weighted by molar-refractivity contribution is 0.320. The number of aryl methyl sites for hydroxylation is 1. The van der Waals surface area contributed by atoms with E-state index in [1.165, 1.54) is 18.4 Å². The highest BCUT2D eigenvalue weighted by Gasteiger charge is 2.46. The van der Waals surface area contributed by atoms with Crippen LogP contribution in [0.4, 0.5) is 0 Å². The van der Waals surface area contributed by atoms with E-state index >= 15 is 0 Å². The van der Waals surface area contributed by atoms with Crippen LogP contribution in [0.1, 0.15) is 37.1 Å². The summed E-state index contributed by atoms with van der Waals surface area (Å²) in [5.74, 6) is 6.62. The van der Waals surface area contributed by atoms with Crippen molar-refractivity contribution in [3.8, 4) is 0 Å². The van der Waals surface area contributed by atoms with E-state index in [2.05, 4.69) is 37.5 Å². The Morgan fingerprint density at radius 3 is 2.76 bits per heavy atom. The summed E-state index contributed by atoms with van der Waals surface area (Å²) in [5.41, 5.74) is 5.35. The Morgan fingerprint density at radius 1 is 1.35 bits per heavy atom. The van der Waals surface area contributed by atoms with Gasteiger partial charge in [0.15, 0.2) is 0 Å². The molecule has 0 amide bonds. The molecule has 1 aliphatic carbocycles. The molecule has 3 rings (SSSR count). The molecule has 0 aliphatic heterocycles. The standard InChI is InChI=1S/C14H18N2O/c1-9-3-4-11-10(7-9)8-12(17-11)13(16-15)14(2)5-6-14/h3-4,7-8,13,16H,5-6,15H2,1-2H3. The van der Waals surface area contributed by atoms with Crippen LogP contribution in [-0.2, 0) is 0 Å². The van der Waals surface area contributed by atoms with Crippen molar-refractivity contribution in [3.05, 3.63) is 35.6 Å². The molecule has 1 atom stereocenters. The predicted octanol–water partition coefficient (Wildman–Crippen LogP) is 3.05. The topological polar surface area (TPSA) is 51.2 Å². The van der Waals surface area contributed by atoms with Gasteiger partial charge in [-0.3, -0.25) is 5.84 Å². The maximum Gasteiger partial charge on any atom is 0.134 e. The number of hydrogen-bond acceptors (Lipinski definition) is 3. The fourth-order valence-corrected chi connectivity index (χ4v) is 2.44. The van der Waals surface area contributed by atoms with Gasteiger partial charge in [0.05, 0.1) is 6.04 Å². The van der Waals surface area contributed by atoms with E-state index in [4.69, 9.17) is 10.3 Å². The van der Waals surface area contributed by atoms with Crippen LogP contribution in [0.25, 0.3) is 11.0 Å². The van der Waals surface area contributed by atoms with Crippen molar-refractivity contribution in [3.63, 3.8) is 0 Å². The van der Waals surface area contributed by atoms with Crippen molar-refractivity contribution in [1.82, 2.24) is 5.43 Å². The van der Waals surface area contributed by atoms with Gasteiger partial charge >= 0.3 is 0 Å². The summed E-state index contributed by atoms with van der Waals surface area (Å²) in [6.45, 7) is 4.34. The van der Waals surface area contributed by atoms with Crippen LogP contribution < -0.4 is 11.3 Å². The Morgan fingerprint density at radius 2 is 2.12 bits per heavy atom. The van der Waals surface area contributed by atoms with E-state index in [0.717, 1.165) is 16.7 Å². The Balaban J connectivity index is 2.05. The molecule has 1 fully saturated rings. The fourth-order valence-electron chi connectivity index (χ4n) is 2.44. The van der Waals surface area contributed by atoms with Crippen molar-refractivity contribution >= 4 is 11.0 Å². The van der Waals surface area contributed by atoms with Gasteiger partial charge in [0, 0.05) is 5.39 Å². The van der Waals surface area contributed by atoms with Crippen LogP contribution >= 0.6 is 0 Å². The number of nitrogens with one attached hydrogen (secondary N) is 1. The molecule has 0 spiro atoms. The molecule has 3 nitrogen and oxygen atoms in total. The zero-order valence-electron chi connectivity index (χ0n) is 10.3. The lowest BCUT2D eigenvalue weighted by Crippen LogP contribution is -2.33. The first-order chi connectivity index (χ1) is 8.12. The Hall–Kier alpha value is -1.32. The molecule has 1 heterocycles. The molecule has 0 saturated heterocycles. The van der Waals surface area contributed by atoms with Gasteiger partial charge < -0.3 is 4.42 Å².